The Morgan fingerprint density at radius 3 is 3.27 bits per heavy atom. The van der Waals surface area contributed by atoms with Crippen LogP contribution in [0.1, 0.15) is 10.4 Å². The number of pyridine rings is 1. The van der Waals surface area contributed by atoms with Crippen LogP contribution >= 0.6 is 0 Å². The van der Waals surface area contributed by atoms with E-state index in [9.17, 15) is 4.79 Å². The predicted molar refractivity (Wildman–Crippen MR) is 52.3 cm³/mol. The molecule has 0 saturated carbocycles. The maximum absolute atomic E-state index is 11.5. The molecule has 0 aromatic carbocycles. The van der Waals surface area contributed by atoms with E-state index in [-0.39, 0.29) is 0 Å². The van der Waals surface area contributed by atoms with E-state index in [4.69, 9.17) is 9.47 Å². The molecule has 2 rings (SSSR count). The van der Waals surface area contributed by atoms with Crippen LogP contribution in [0.2, 0.25) is 0 Å². The Bertz CT molecular complexity index is 323. The number of hydrogen-bond donors (Lipinski definition) is 1. The molecule has 1 aromatic rings. The lowest BCUT2D eigenvalue weighted by Crippen LogP contribution is -2.41. The van der Waals surface area contributed by atoms with E-state index in [1.807, 2.05) is 0 Å². The summed E-state index contributed by atoms with van der Waals surface area (Å²) in [6.45, 7) is 1.89. The Morgan fingerprint density at radius 1 is 1.67 bits per heavy atom. The normalized spacial score (nSPS) is 20.9. The number of ether oxygens (including phenoxy) is 2. The van der Waals surface area contributed by atoms with Crippen LogP contribution in [0.3, 0.4) is 0 Å². The zero-order chi connectivity index (χ0) is 10.5. The first-order chi connectivity index (χ1) is 7.36. The molecular weight excluding hydrogens is 196 g/mol. The van der Waals surface area contributed by atoms with Gasteiger partial charge in [0.2, 0.25) is 6.29 Å². The van der Waals surface area contributed by atoms with Crippen molar-refractivity contribution in [3.63, 3.8) is 0 Å². The number of nitrogens with zero attached hydrogens (tertiary/aromatic N) is 1. The lowest BCUT2D eigenvalue weighted by atomic mass is 10.3. The zero-order valence-electron chi connectivity index (χ0n) is 8.18. The third kappa shape index (κ3) is 2.74. The molecule has 1 aliphatic heterocycles. The second kappa shape index (κ2) is 4.86. The van der Waals surface area contributed by atoms with Crippen molar-refractivity contribution >= 4 is 5.97 Å². The van der Waals surface area contributed by atoms with Gasteiger partial charge in [-0.25, -0.2) is 4.79 Å². The van der Waals surface area contributed by atoms with Gasteiger partial charge in [0.1, 0.15) is 0 Å². The maximum atomic E-state index is 11.5. The molecular formula is C10H12N2O3. The minimum absolute atomic E-state index is 0.406. The average Bonchev–Trinajstić information content (AvgIpc) is 2.31. The van der Waals surface area contributed by atoms with Crippen molar-refractivity contribution in [2.75, 3.05) is 19.7 Å². The molecule has 0 amide bonds. The molecule has 1 unspecified atom stereocenters. The molecule has 1 N–H and O–H groups in total. The summed E-state index contributed by atoms with van der Waals surface area (Å²) in [6, 6.07) is 3.35. The third-order valence-electron chi connectivity index (χ3n) is 2.03. The quantitative estimate of drug-likeness (QED) is 0.703. The monoisotopic (exact) mass is 208 g/mol. The highest BCUT2D eigenvalue weighted by molar-refractivity contribution is 5.88. The molecule has 1 fully saturated rings. The smallest absolute Gasteiger partial charge is 0.342 e. The number of rotatable bonds is 2. The summed E-state index contributed by atoms with van der Waals surface area (Å²) in [4.78, 5) is 15.4. The summed E-state index contributed by atoms with van der Waals surface area (Å²) in [5.74, 6) is -0.406. The van der Waals surface area contributed by atoms with Gasteiger partial charge < -0.3 is 14.8 Å². The molecule has 0 aliphatic carbocycles. The fraction of sp³-hybridized carbons (Fsp3) is 0.400. The van der Waals surface area contributed by atoms with E-state index in [0.29, 0.717) is 18.7 Å². The van der Waals surface area contributed by atoms with Gasteiger partial charge >= 0.3 is 5.97 Å². The second-order valence-electron chi connectivity index (χ2n) is 3.15. The fourth-order valence-electron chi connectivity index (χ4n) is 1.29. The van der Waals surface area contributed by atoms with Crippen LogP contribution < -0.4 is 5.32 Å². The first-order valence-electron chi connectivity index (χ1n) is 4.79. The summed E-state index contributed by atoms with van der Waals surface area (Å²) in [7, 11) is 0. The number of carbonyl (C=O) groups is 1. The fourth-order valence-corrected chi connectivity index (χ4v) is 1.29. The largest absolute Gasteiger partial charge is 0.431 e. The Hall–Kier alpha value is -1.46. The highest BCUT2D eigenvalue weighted by Crippen LogP contribution is 2.04. The van der Waals surface area contributed by atoms with Gasteiger partial charge in [0.15, 0.2) is 0 Å². The van der Waals surface area contributed by atoms with Gasteiger partial charge in [-0.2, -0.15) is 0 Å². The van der Waals surface area contributed by atoms with E-state index >= 15 is 0 Å². The van der Waals surface area contributed by atoms with Crippen molar-refractivity contribution in [2.45, 2.75) is 6.29 Å². The lowest BCUT2D eigenvalue weighted by molar-refractivity contribution is -0.121. The molecule has 0 spiro atoms. The van der Waals surface area contributed by atoms with Gasteiger partial charge in [0.05, 0.1) is 18.7 Å². The van der Waals surface area contributed by atoms with Gasteiger partial charge in [-0.05, 0) is 12.1 Å². The molecule has 1 atom stereocenters. The highest BCUT2D eigenvalue weighted by atomic mass is 16.7. The Labute approximate surface area is 87.4 Å². The SMILES string of the molecule is O=C(OC1CNCCO1)c1cccnc1. The van der Waals surface area contributed by atoms with Gasteiger partial charge in [0, 0.05) is 18.9 Å². The van der Waals surface area contributed by atoms with E-state index < -0.39 is 12.3 Å². The predicted octanol–water partition coefficient (Wildman–Crippen LogP) is 0.184. The summed E-state index contributed by atoms with van der Waals surface area (Å²) < 4.78 is 10.4. The van der Waals surface area contributed by atoms with Crippen LogP contribution in [0.5, 0.6) is 0 Å². The molecule has 5 heteroatoms. The molecule has 0 bridgehead atoms. The molecule has 80 valence electrons. The van der Waals surface area contributed by atoms with Crippen LogP contribution in [-0.4, -0.2) is 36.9 Å². The first kappa shape index (κ1) is 10.1. The van der Waals surface area contributed by atoms with E-state index in [1.54, 1.807) is 18.3 Å². The summed E-state index contributed by atoms with van der Waals surface area (Å²) >= 11 is 0. The maximum Gasteiger partial charge on any atom is 0.342 e. The van der Waals surface area contributed by atoms with Crippen molar-refractivity contribution in [1.29, 1.82) is 0 Å². The van der Waals surface area contributed by atoms with Gasteiger partial charge in [-0.3, -0.25) is 4.98 Å². The number of nitrogens with one attached hydrogen (secondary N) is 1. The number of morpholine rings is 1. The van der Waals surface area contributed by atoms with Crippen LogP contribution in [0.4, 0.5) is 0 Å². The van der Waals surface area contributed by atoms with Crippen molar-refractivity contribution in [3.05, 3.63) is 30.1 Å². The van der Waals surface area contributed by atoms with Gasteiger partial charge in [-0.15, -0.1) is 0 Å². The molecule has 1 aliphatic rings. The van der Waals surface area contributed by atoms with Crippen molar-refractivity contribution in [3.8, 4) is 0 Å². The summed E-state index contributed by atoms with van der Waals surface area (Å²) in [5.41, 5.74) is 0.437. The number of carbonyl (C=O) groups excluding carboxylic acids is 1. The van der Waals surface area contributed by atoms with Gasteiger partial charge in [0.25, 0.3) is 0 Å². The van der Waals surface area contributed by atoms with Crippen LogP contribution in [0.25, 0.3) is 0 Å². The molecule has 1 aromatic heterocycles. The molecule has 2 heterocycles. The van der Waals surface area contributed by atoms with Gasteiger partial charge in [-0.1, -0.05) is 0 Å². The highest BCUT2D eigenvalue weighted by Gasteiger charge is 2.18. The van der Waals surface area contributed by atoms with E-state index in [0.717, 1.165) is 6.54 Å². The summed E-state index contributed by atoms with van der Waals surface area (Å²) in [5, 5.41) is 3.07. The lowest BCUT2D eigenvalue weighted by Gasteiger charge is -2.23. The number of esters is 1. The zero-order valence-corrected chi connectivity index (χ0v) is 8.18. The van der Waals surface area contributed by atoms with E-state index in [2.05, 4.69) is 10.3 Å². The average molecular weight is 208 g/mol. The Morgan fingerprint density at radius 2 is 2.60 bits per heavy atom. The van der Waals surface area contributed by atoms with Crippen LogP contribution in [0, 0.1) is 0 Å². The van der Waals surface area contributed by atoms with Crippen molar-refractivity contribution < 1.29 is 14.3 Å². The van der Waals surface area contributed by atoms with Crippen LogP contribution in [-0.2, 0) is 9.47 Å². The molecule has 0 radical (unpaired) electrons. The van der Waals surface area contributed by atoms with E-state index in [1.165, 1.54) is 6.20 Å². The Balaban J connectivity index is 1.91. The number of hydrogen-bond acceptors (Lipinski definition) is 5. The minimum atomic E-state index is -0.494. The first-order valence-corrected chi connectivity index (χ1v) is 4.79. The minimum Gasteiger partial charge on any atom is -0.431 e. The second-order valence-corrected chi connectivity index (χ2v) is 3.15. The van der Waals surface area contributed by atoms with Crippen LogP contribution in [0.15, 0.2) is 24.5 Å². The Kier molecular flexibility index (Phi) is 3.26. The van der Waals surface area contributed by atoms with Crippen molar-refractivity contribution in [1.82, 2.24) is 10.3 Å². The topological polar surface area (TPSA) is 60.5 Å². The number of aromatic nitrogens is 1. The molecule has 5 nitrogen and oxygen atoms in total. The standard InChI is InChI=1S/C10H12N2O3/c13-10(8-2-1-3-11-6-8)15-9-7-12-4-5-14-9/h1-3,6,9,12H,4-5,7H2. The van der Waals surface area contributed by atoms with Crippen molar-refractivity contribution in [2.24, 2.45) is 0 Å². The molecule has 15 heavy (non-hydrogen) atoms. The third-order valence-corrected chi connectivity index (χ3v) is 2.03. The summed E-state index contributed by atoms with van der Waals surface area (Å²) in [6.07, 6.45) is 2.58. The molecule has 1 saturated heterocycles.